The zero-order chi connectivity index (χ0) is 13.1. The van der Waals surface area contributed by atoms with Gasteiger partial charge in [0.25, 0.3) is 0 Å². The van der Waals surface area contributed by atoms with Gasteiger partial charge >= 0.3 is 5.97 Å². The molecule has 18 heavy (non-hydrogen) atoms. The van der Waals surface area contributed by atoms with Crippen molar-refractivity contribution in [2.24, 2.45) is 0 Å². The van der Waals surface area contributed by atoms with Gasteiger partial charge in [-0.05, 0) is 25.1 Å². The minimum Gasteiger partial charge on any atom is -0.460 e. The highest BCUT2D eigenvalue weighted by Gasteiger charge is 2.14. The van der Waals surface area contributed by atoms with Crippen molar-refractivity contribution in [1.82, 2.24) is 15.2 Å². The minimum atomic E-state index is -0.509. The Kier molecular flexibility index (Phi) is 4.13. The molecule has 5 nitrogen and oxygen atoms in total. The maximum Gasteiger partial charge on any atom is 0.375 e. The molecule has 0 fully saturated rings. The fraction of sp³-hybridized carbons (Fsp3) is 0.182. The summed E-state index contributed by atoms with van der Waals surface area (Å²) in [5, 5.41) is 6.55. The second-order valence-corrected chi connectivity index (χ2v) is 5.22. The van der Waals surface area contributed by atoms with E-state index in [2.05, 4.69) is 47.0 Å². The van der Waals surface area contributed by atoms with Gasteiger partial charge in [0, 0.05) is 14.5 Å². The molecule has 94 valence electrons. The van der Waals surface area contributed by atoms with Crippen LogP contribution in [0, 0.1) is 0 Å². The van der Waals surface area contributed by atoms with E-state index in [0.717, 1.165) is 14.5 Å². The number of carbonyl (C=O) groups excluding carboxylic acids is 1. The van der Waals surface area contributed by atoms with E-state index in [1.807, 2.05) is 18.2 Å². The summed E-state index contributed by atoms with van der Waals surface area (Å²) in [5.41, 5.74) is 0.794. The van der Waals surface area contributed by atoms with Crippen molar-refractivity contribution in [1.29, 1.82) is 0 Å². The van der Waals surface area contributed by atoms with Gasteiger partial charge in [-0.2, -0.15) is 5.10 Å². The van der Waals surface area contributed by atoms with Crippen molar-refractivity contribution in [2.45, 2.75) is 6.92 Å². The standard InChI is InChI=1S/C11H9Br2N3O2/c1-2-18-11(17)10-14-9(15-16-10)6-3-7(12)5-8(13)4-6/h3-5H,2H2,1H3,(H,14,15,16). The van der Waals surface area contributed by atoms with E-state index in [9.17, 15) is 4.79 Å². The highest BCUT2D eigenvalue weighted by atomic mass is 79.9. The number of carbonyl (C=O) groups is 1. The number of esters is 1. The molecule has 0 amide bonds. The Balaban J connectivity index is 2.32. The first-order valence-electron chi connectivity index (χ1n) is 5.16. The molecule has 1 heterocycles. The van der Waals surface area contributed by atoms with E-state index < -0.39 is 5.97 Å². The third-order valence-corrected chi connectivity index (χ3v) is 2.99. The molecular formula is C11H9Br2N3O2. The summed E-state index contributed by atoms with van der Waals surface area (Å²) in [6.07, 6.45) is 0. The quantitative estimate of drug-likeness (QED) is 0.838. The predicted octanol–water partition coefficient (Wildman–Crippen LogP) is 3.17. The summed E-state index contributed by atoms with van der Waals surface area (Å²) in [5.74, 6) is 0.0355. The van der Waals surface area contributed by atoms with Gasteiger partial charge in [-0.1, -0.05) is 31.9 Å². The number of hydrogen-bond acceptors (Lipinski definition) is 4. The molecule has 0 spiro atoms. The van der Waals surface area contributed by atoms with E-state index in [1.165, 1.54) is 0 Å². The summed E-state index contributed by atoms with van der Waals surface area (Å²) in [7, 11) is 0. The van der Waals surface area contributed by atoms with Gasteiger partial charge in [-0.15, -0.1) is 0 Å². The van der Waals surface area contributed by atoms with Crippen LogP contribution in [0.5, 0.6) is 0 Å². The Hall–Kier alpha value is -1.21. The van der Waals surface area contributed by atoms with E-state index in [-0.39, 0.29) is 5.82 Å². The number of aromatic nitrogens is 3. The maximum atomic E-state index is 11.4. The van der Waals surface area contributed by atoms with Crippen LogP contribution in [0.2, 0.25) is 0 Å². The van der Waals surface area contributed by atoms with Crippen LogP contribution in [0.3, 0.4) is 0 Å². The fourth-order valence-corrected chi connectivity index (χ4v) is 2.66. The van der Waals surface area contributed by atoms with Crippen LogP contribution in [0.4, 0.5) is 0 Å². The van der Waals surface area contributed by atoms with E-state index in [1.54, 1.807) is 6.92 Å². The maximum absolute atomic E-state index is 11.4. The van der Waals surface area contributed by atoms with Crippen LogP contribution >= 0.6 is 31.9 Å². The lowest BCUT2D eigenvalue weighted by Crippen LogP contribution is -2.06. The number of H-pyrrole nitrogens is 1. The van der Waals surface area contributed by atoms with Crippen LogP contribution in [0.15, 0.2) is 27.1 Å². The smallest absolute Gasteiger partial charge is 0.375 e. The lowest BCUT2D eigenvalue weighted by Gasteiger charge is -1.98. The lowest BCUT2D eigenvalue weighted by molar-refractivity contribution is 0.0512. The molecule has 0 radical (unpaired) electrons. The monoisotopic (exact) mass is 373 g/mol. The topological polar surface area (TPSA) is 67.9 Å². The SMILES string of the molecule is CCOC(=O)c1nc(-c2cc(Br)cc(Br)c2)n[nH]1. The number of nitrogens with one attached hydrogen (secondary N) is 1. The van der Waals surface area contributed by atoms with Crippen LogP contribution in [0.1, 0.15) is 17.5 Å². The number of halogens is 2. The zero-order valence-corrected chi connectivity index (χ0v) is 12.6. The number of nitrogens with zero attached hydrogens (tertiary/aromatic N) is 2. The highest BCUT2D eigenvalue weighted by Crippen LogP contribution is 2.25. The van der Waals surface area contributed by atoms with Gasteiger partial charge in [-0.25, -0.2) is 9.78 Å². The Labute approximate surface area is 120 Å². The van der Waals surface area contributed by atoms with Crippen LogP contribution in [0.25, 0.3) is 11.4 Å². The molecule has 0 saturated carbocycles. The molecule has 0 aliphatic carbocycles. The number of hydrogen-bond donors (Lipinski definition) is 1. The second kappa shape index (κ2) is 5.62. The molecule has 0 atom stereocenters. The van der Waals surface area contributed by atoms with Crippen molar-refractivity contribution >= 4 is 37.8 Å². The molecule has 1 aromatic carbocycles. The average molecular weight is 375 g/mol. The van der Waals surface area contributed by atoms with Crippen LogP contribution < -0.4 is 0 Å². The number of ether oxygens (including phenoxy) is 1. The molecule has 1 aromatic heterocycles. The Morgan fingerprint density at radius 1 is 1.33 bits per heavy atom. The molecule has 2 rings (SSSR count). The normalized spacial score (nSPS) is 10.4. The summed E-state index contributed by atoms with van der Waals surface area (Å²) >= 11 is 6.77. The fourth-order valence-electron chi connectivity index (χ4n) is 1.36. The Morgan fingerprint density at radius 3 is 2.61 bits per heavy atom. The van der Waals surface area contributed by atoms with Crippen LogP contribution in [-0.4, -0.2) is 27.8 Å². The van der Waals surface area contributed by atoms with Crippen molar-refractivity contribution in [3.05, 3.63) is 33.0 Å². The van der Waals surface area contributed by atoms with E-state index >= 15 is 0 Å². The van der Waals surface area contributed by atoms with Gasteiger partial charge in [0.05, 0.1) is 6.61 Å². The first-order chi connectivity index (χ1) is 8.60. The zero-order valence-electron chi connectivity index (χ0n) is 9.41. The summed E-state index contributed by atoms with van der Waals surface area (Å²) in [6, 6.07) is 5.63. The van der Waals surface area contributed by atoms with Gasteiger partial charge in [0.1, 0.15) is 0 Å². The summed E-state index contributed by atoms with van der Waals surface area (Å²) < 4.78 is 6.63. The molecule has 0 unspecified atom stereocenters. The third-order valence-electron chi connectivity index (χ3n) is 2.07. The molecular weight excluding hydrogens is 366 g/mol. The minimum absolute atomic E-state index is 0.1000. The molecule has 0 aliphatic heterocycles. The van der Waals surface area contributed by atoms with Crippen molar-refractivity contribution in [3.8, 4) is 11.4 Å². The summed E-state index contributed by atoms with van der Waals surface area (Å²) in [6.45, 7) is 2.04. The molecule has 0 bridgehead atoms. The summed E-state index contributed by atoms with van der Waals surface area (Å²) in [4.78, 5) is 15.5. The van der Waals surface area contributed by atoms with Crippen molar-refractivity contribution in [2.75, 3.05) is 6.61 Å². The molecule has 0 aliphatic rings. The first-order valence-corrected chi connectivity index (χ1v) is 6.74. The predicted molar refractivity (Wildman–Crippen MR) is 73.2 cm³/mol. The van der Waals surface area contributed by atoms with Crippen molar-refractivity contribution in [3.63, 3.8) is 0 Å². The lowest BCUT2D eigenvalue weighted by atomic mass is 10.2. The number of rotatable bonds is 3. The van der Waals surface area contributed by atoms with Gasteiger partial charge in [0.15, 0.2) is 5.82 Å². The first kappa shape index (κ1) is 13.2. The molecule has 7 heteroatoms. The van der Waals surface area contributed by atoms with Crippen molar-refractivity contribution < 1.29 is 9.53 Å². The van der Waals surface area contributed by atoms with Gasteiger partial charge in [0.2, 0.25) is 5.82 Å². The Morgan fingerprint density at radius 2 is 2.00 bits per heavy atom. The molecule has 1 N–H and O–H groups in total. The van der Waals surface area contributed by atoms with Gasteiger partial charge < -0.3 is 4.74 Å². The highest BCUT2D eigenvalue weighted by molar-refractivity contribution is 9.11. The Bertz CT molecular complexity index is 563. The van der Waals surface area contributed by atoms with Crippen LogP contribution in [-0.2, 0) is 4.74 Å². The van der Waals surface area contributed by atoms with Gasteiger partial charge in [-0.3, -0.25) is 5.10 Å². The number of benzene rings is 1. The third kappa shape index (κ3) is 2.97. The average Bonchev–Trinajstić information content (AvgIpc) is 2.77. The van der Waals surface area contributed by atoms with E-state index in [4.69, 9.17) is 4.74 Å². The largest absolute Gasteiger partial charge is 0.460 e. The second-order valence-electron chi connectivity index (χ2n) is 3.39. The number of aromatic amines is 1. The molecule has 2 aromatic rings. The molecule has 0 saturated heterocycles. The van der Waals surface area contributed by atoms with E-state index in [0.29, 0.717) is 12.4 Å².